The molecule has 1 N–H and O–H groups in total. The Balaban J connectivity index is 1.63. The average Bonchev–Trinajstić information content (AvgIpc) is 3.20. The molecule has 0 aliphatic heterocycles. The molecule has 4 saturated carbocycles. The van der Waals surface area contributed by atoms with Crippen molar-refractivity contribution in [3.8, 4) is 0 Å². The summed E-state index contributed by atoms with van der Waals surface area (Å²) in [4.78, 5) is 15.7. The lowest BCUT2D eigenvalue weighted by Crippen LogP contribution is -2.58. The van der Waals surface area contributed by atoms with E-state index in [4.69, 9.17) is 11.6 Å². The number of aromatic amines is 1. The van der Waals surface area contributed by atoms with Gasteiger partial charge in [0.1, 0.15) is 0 Å². The van der Waals surface area contributed by atoms with Gasteiger partial charge in [-0.1, -0.05) is 32.4 Å². The maximum Gasteiger partial charge on any atom is 0.417 e. The number of halogens is 4. The minimum atomic E-state index is -4.60. The number of anilines is 1. The van der Waals surface area contributed by atoms with Crippen molar-refractivity contribution >= 4 is 23.2 Å². The number of rotatable bonds is 3. The number of aromatic nitrogens is 2. The molecule has 8 heteroatoms. The molecular weight excluding hydrogens is 451 g/mol. The predicted molar refractivity (Wildman–Crippen MR) is 121 cm³/mol. The topological polar surface area (TPSA) is 49.0 Å². The zero-order valence-electron chi connectivity index (χ0n) is 19.0. The van der Waals surface area contributed by atoms with Gasteiger partial charge in [-0.05, 0) is 74.0 Å². The molecule has 0 radical (unpaired) electrons. The Bertz CT molecular complexity index is 1040. The van der Waals surface area contributed by atoms with Crippen molar-refractivity contribution in [3.05, 3.63) is 46.2 Å². The van der Waals surface area contributed by atoms with Crippen LogP contribution < -0.4 is 4.90 Å². The molecule has 1 amide bonds. The maximum absolute atomic E-state index is 14.1. The van der Waals surface area contributed by atoms with E-state index in [1.165, 1.54) is 18.7 Å². The second-order valence-electron chi connectivity index (χ2n) is 11.2. The molecule has 0 atom stereocenters. The molecule has 4 aliphatic carbocycles. The van der Waals surface area contributed by atoms with Crippen LogP contribution in [0.3, 0.4) is 0 Å². The molecule has 1 aromatic heterocycles. The van der Waals surface area contributed by atoms with E-state index in [1.54, 1.807) is 11.0 Å². The summed E-state index contributed by atoms with van der Waals surface area (Å²) < 4.78 is 41.1. The quantitative estimate of drug-likeness (QED) is 0.523. The third-order valence-electron chi connectivity index (χ3n) is 7.85. The Kier molecular flexibility index (Phi) is 5.35. The van der Waals surface area contributed by atoms with Crippen LogP contribution in [-0.2, 0) is 11.6 Å². The predicted octanol–water partition coefficient (Wildman–Crippen LogP) is 6.85. The molecule has 1 aromatic carbocycles. The number of carbonyl (C=O) groups is 1. The first-order valence-electron chi connectivity index (χ1n) is 11.7. The summed E-state index contributed by atoms with van der Waals surface area (Å²) in [6.45, 7) is 5.94. The second-order valence-corrected chi connectivity index (χ2v) is 11.6. The largest absolute Gasteiger partial charge is 0.417 e. The van der Waals surface area contributed by atoms with Crippen molar-refractivity contribution in [1.29, 1.82) is 0 Å². The van der Waals surface area contributed by atoms with E-state index in [9.17, 15) is 18.0 Å². The van der Waals surface area contributed by atoms with Crippen molar-refractivity contribution in [3.63, 3.8) is 0 Å². The first-order valence-corrected chi connectivity index (χ1v) is 12.1. The standard InChI is InChI=1S/C25H29ClF3N3O/c1-24(2,3)22-18(12-30-31-22)23(33)32(17-4-5-20(26)19(11-17)25(27,28)29)21-15-7-13-6-14(9-15)10-16(21)8-13/h4-5,11-16,21H,6-10H2,1-3H3,(H,30,31). The lowest BCUT2D eigenvalue weighted by molar-refractivity contribution is -0.137. The van der Waals surface area contributed by atoms with Gasteiger partial charge in [0.05, 0.1) is 28.0 Å². The summed E-state index contributed by atoms with van der Waals surface area (Å²) in [5, 5.41) is 6.71. The fraction of sp³-hybridized carbons (Fsp3) is 0.600. The molecule has 178 valence electrons. The molecule has 33 heavy (non-hydrogen) atoms. The third-order valence-corrected chi connectivity index (χ3v) is 8.18. The smallest absolute Gasteiger partial charge is 0.305 e. The van der Waals surface area contributed by atoms with Gasteiger partial charge in [-0.25, -0.2) is 0 Å². The van der Waals surface area contributed by atoms with Crippen molar-refractivity contribution in [2.24, 2.45) is 23.7 Å². The molecule has 1 heterocycles. The van der Waals surface area contributed by atoms with Crippen LogP contribution in [0.1, 0.15) is 74.5 Å². The van der Waals surface area contributed by atoms with Crippen LogP contribution in [0.4, 0.5) is 18.9 Å². The molecule has 0 unspecified atom stereocenters. The minimum Gasteiger partial charge on any atom is -0.305 e. The van der Waals surface area contributed by atoms with Gasteiger partial charge in [0.2, 0.25) is 0 Å². The van der Waals surface area contributed by atoms with Crippen LogP contribution >= 0.6 is 11.6 Å². The molecule has 2 aromatic rings. The Morgan fingerprint density at radius 2 is 1.67 bits per heavy atom. The van der Waals surface area contributed by atoms with E-state index in [0.717, 1.165) is 31.7 Å². The van der Waals surface area contributed by atoms with E-state index in [1.807, 2.05) is 20.8 Å². The van der Waals surface area contributed by atoms with E-state index in [2.05, 4.69) is 10.2 Å². The normalized spacial score (nSPS) is 28.9. The summed E-state index contributed by atoms with van der Waals surface area (Å²) >= 11 is 5.92. The first-order chi connectivity index (χ1) is 15.4. The molecule has 0 saturated heterocycles. The molecule has 0 spiro atoms. The highest BCUT2D eigenvalue weighted by molar-refractivity contribution is 6.31. The Morgan fingerprint density at radius 1 is 1.06 bits per heavy atom. The number of amides is 1. The van der Waals surface area contributed by atoms with Crippen LogP contribution in [0.15, 0.2) is 24.4 Å². The van der Waals surface area contributed by atoms with Crippen molar-refractivity contribution < 1.29 is 18.0 Å². The summed E-state index contributed by atoms with van der Waals surface area (Å²) in [5.74, 6) is 1.67. The summed E-state index contributed by atoms with van der Waals surface area (Å²) in [6, 6.07) is 3.74. The van der Waals surface area contributed by atoms with Gasteiger partial charge in [-0.3, -0.25) is 9.89 Å². The highest BCUT2D eigenvalue weighted by Gasteiger charge is 2.52. The van der Waals surface area contributed by atoms with Crippen LogP contribution in [0.2, 0.25) is 5.02 Å². The minimum absolute atomic E-state index is 0.115. The Hall–Kier alpha value is -2.02. The molecule has 4 nitrogen and oxygen atoms in total. The van der Waals surface area contributed by atoms with Gasteiger partial charge in [0.25, 0.3) is 5.91 Å². The second kappa shape index (κ2) is 7.76. The average molecular weight is 480 g/mol. The van der Waals surface area contributed by atoms with Crippen LogP contribution in [0.5, 0.6) is 0 Å². The molecule has 4 fully saturated rings. The molecular formula is C25H29ClF3N3O. The number of hydrogen-bond acceptors (Lipinski definition) is 2. The highest BCUT2D eigenvalue weighted by atomic mass is 35.5. The van der Waals surface area contributed by atoms with E-state index in [0.29, 0.717) is 34.9 Å². The Labute approximate surface area is 196 Å². The fourth-order valence-electron chi connectivity index (χ4n) is 6.77. The summed E-state index contributed by atoms with van der Waals surface area (Å²) in [6.07, 6.45) is 2.32. The fourth-order valence-corrected chi connectivity index (χ4v) is 7.00. The number of carbonyl (C=O) groups excluding carboxylic acids is 1. The highest BCUT2D eigenvalue weighted by Crippen LogP contribution is 2.56. The van der Waals surface area contributed by atoms with Gasteiger partial charge in [0, 0.05) is 17.1 Å². The van der Waals surface area contributed by atoms with Gasteiger partial charge < -0.3 is 4.90 Å². The summed E-state index contributed by atoms with van der Waals surface area (Å²) in [7, 11) is 0. The third kappa shape index (κ3) is 3.96. The maximum atomic E-state index is 14.1. The lowest BCUT2D eigenvalue weighted by atomic mass is 9.53. The van der Waals surface area contributed by atoms with Gasteiger partial charge in [-0.2, -0.15) is 18.3 Å². The van der Waals surface area contributed by atoms with Crippen LogP contribution in [-0.4, -0.2) is 22.1 Å². The van der Waals surface area contributed by atoms with Gasteiger partial charge in [0.15, 0.2) is 0 Å². The van der Waals surface area contributed by atoms with Crippen LogP contribution in [0.25, 0.3) is 0 Å². The number of nitrogens with one attached hydrogen (secondary N) is 1. The van der Waals surface area contributed by atoms with E-state index < -0.39 is 11.7 Å². The zero-order chi connectivity index (χ0) is 23.7. The molecule has 4 bridgehead atoms. The first kappa shape index (κ1) is 22.8. The number of alkyl halides is 3. The van der Waals surface area contributed by atoms with Gasteiger partial charge in [-0.15, -0.1) is 0 Å². The Morgan fingerprint density at radius 3 is 2.21 bits per heavy atom. The van der Waals surface area contributed by atoms with Crippen molar-refractivity contribution in [2.75, 3.05) is 4.90 Å². The van der Waals surface area contributed by atoms with Crippen molar-refractivity contribution in [2.45, 2.75) is 70.5 Å². The number of H-pyrrole nitrogens is 1. The van der Waals surface area contributed by atoms with Gasteiger partial charge >= 0.3 is 6.18 Å². The van der Waals surface area contributed by atoms with Crippen molar-refractivity contribution in [1.82, 2.24) is 10.2 Å². The zero-order valence-corrected chi connectivity index (χ0v) is 19.8. The monoisotopic (exact) mass is 479 g/mol. The van der Waals surface area contributed by atoms with E-state index >= 15 is 0 Å². The SMILES string of the molecule is CC(C)(C)c1[nH]ncc1C(=O)N(c1ccc(Cl)c(C(F)(F)F)c1)C1C2CC3CC(C2)CC1C3. The lowest BCUT2D eigenvalue weighted by Gasteiger charge is -2.57. The number of hydrogen-bond donors (Lipinski definition) is 1. The molecule has 4 aliphatic rings. The van der Waals surface area contributed by atoms with E-state index in [-0.39, 0.29) is 28.1 Å². The molecule has 6 rings (SSSR count). The van der Waals surface area contributed by atoms with Crippen LogP contribution in [0, 0.1) is 23.7 Å². The number of nitrogens with zero attached hydrogens (tertiary/aromatic N) is 2. The summed E-state index contributed by atoms with van der Waals surface area (Å²) in [5.41, 5.74) is 0.0851. The number of benzene rings is 1.